The summed E-state index contributed by atoms with van der Waals surface area (Å²) >= 11 is 0. The molecule has 0 radical (unpaired) electrons. The van der Waals surface area contributed by atoms with Crippen LogP contribution >= 0.6 is 0 Å². The summed E-state index contributed by atoms with van der Waals surface area (Å²) in [5.41, 5.74) is 1.56. The van der Waals surface area contributed by atoms with Crippen LogP contribution in [0.2, 0.25) is 0 Å². The predicted octanol–water partition coefficient (Wildman–Crippen LogP) is 1.66. The number of H-pyrrole nitrogens is 1. The minimum Gasteiger partial charge on any atom is -0.362 e. The van der Waals surface area contributed by atoms with Crippen molar-refractivity contribution in [2.45, 2.75) is 6.54 Å². The summed E-state index contributed by atoms with van der Waals surface area (Å²) in [6, 6.07) is 10.00. The number of halogens is 1. The molecule has 0 saturated heterocycles. The lowest BCUT2D eigenvalue weighted by Crippen LogP contribution is -2.08. The van der Waals surface area contributed by atoms with E-state index >= 15 is 0 Å². The van der Waals surface area contributed by atoms with Crippen molar-refractivity contribution in [1.29, 1.82) is 0 Å². The highest BCUT2D eigenvalue weighted by Crippen LogP contribution is 2.24. The van der Waals surface area contributed by atoms with Gasteiger partial charge in [-0.15, -0.1) is 10.2 Å². The summed E-state index contributed by atoms with van der Waals surface area (Å²) < 4.78 is 15.7. The van der Waals surface area contributed by atoms with Crippen molar-refractivity contribution in [3.8, 4) is 11.3 Å². The topological polar surface area (TPSA) is 96.7 Å². The number of fused-ring (bicyclic) bond motifs is 1. The number of nitrogens with zero attached hydrogens (tertiary/aromatic N) is 6. The highest BCUT2D eigenvalue weighted by atomic mass is 19.1. The first-order valence-electron chi connectivity index (χ1n) is 6.87. The quantitative estimate of drug-likeness (QED) is 0.595. The van der Waals surface area contributed by atoms with Gasteiger partial charge in [0.05, 0.1) is 18.4 Å². The Bertz CT molecular complexity index is 946. The molecule has 0 fully saturated rings. The monoisotopic (exact) mass is 310 g/mol. The fraction of sp³-hybridized carbons (Fsp3) is 0.0714. The third kappa shape index (κ3) is 2.48. The first-order chi connectivity index (χ1) is 11.3. The van der Waals surface area contributed by atoms with E-state index in [1.165, 1.54) is 6.07 Å². The average Bonchev–Trinajstić information content (AvgIpc) is 3.24. The van der Waals surface area contributed by atoms with Crippen molar-refractivity contribution in [1.82, 2.24) is 35.2 Å². The number of tetrazole rings is 1. The molecule has 0 aliphatic heterocycles. The van der Waals surface area contributed by atoms with E-state index in [-0.39, 0.29) is 5.82 Å². The van der Waals surface area contributed by atoms with Crippen LogP contribution in [-0.4, -0.2) is 35.2 Å². The van der Waals surface area contributed by atoms with Gasteiger partial charge in [-0.3, -0.25) is 0 Å². The van der Waals surface area contributed by atoms with Crippen LogP contribution in [0.5, 0.6) is 0 Å². The molecule has 3 aromatic heterocycles. The van der Waals surface area contributed by atoms with Gasteiger partial charge in [0.25, 0.3) is 0 Å². The number of aromatic nitrogens is 7. The van der Waals surface area contributed by atoms with E-state index in [2.05, 4.69) is 36.0 Å². The summed E-state index contributed by atoms with van der Waals surface area (Å²) in [7, 11) is 0. The number of nitrogens with one attached hydrogen (secondary N) is 2. The van der Waals surface area contributed by atoms with E-state index in [9.17, 15) is 4.39 Å². The van der Waals surface area contributed by atoms with E-state index in [0.717, 1.165) is 0 Å². The molecule has 0 saturated carbocycles. The zero-order valence-electron chi connectivity index (χ0n) is 11.8. The third-order valence-electron chi connectivity index (χ3n) is 3.33. The summed E-state index contributed by atoms with van der Waals surface area (Å²) in [6.45, 7) is 0.353. The van der Waals surface area contributed by atoms with Crippen LogP contribution in [0.15, 0.2) is 42.6 Å². The molecule has 9 heteroatoms. The van der Waals surface area contributed by atoms with Crippen LogP contribution in [0.3, 0.4) is 0 Å². The number of hydrogen-bond donors (Lipinski definition) is 2. The molecule has 0 unspecified atom stereocenters. The van der Waals surface area contributed by atoms with Crippen LogP contribution in [0.1, 0.15) is 5.82 Å². The van der Waals surface area contributed by atoms with Gasteiger partial charge < -0.3 is 5.32 Å². The maximum Gasteiger partial charge on any atom is 0.193 e. The molecule has 4 aromatic rings. The maximum absolute atomic E-state index is 14.0. The molecule has 3 heterocycles. The predicted molar refractivity (Wildman–Crippen MR) is 79.9 cm³/mol. The summed E-state index contributed by atoms with van der Waals surface area (Å²) in [5.74, 6) is 0.839. The molecule has 0 bridgehead atoms. The van der Waals surface area contributed by atoms with E-state index < -0.39 is 0 Å². The van der Waals surface area contributed by atoms with Crippen LogP contribution in [-0.2, 0) is 6.54 Å². The first kappa shape index (κ1) is 13.3. The SMILES string of the molecule is Fc1ccccc1-c1cc(NCc2nn[nH]n2)n2nccc2n1. The Balaban J connectivity index is 1.77. The molecule has 2 N–H and O–H groups in total. The van der Waals surface area contributed by atoms with Gasteiger partial charge in [0, 0.05) is 17.7 Å². The maximum atomic E-state index is 14.0. The lowest BCUT2D eigenvalue weighted by Gasteiger charge is -2.09. The number of hydrogen-bond acceptors (Lipinski definition) is 6. The second-order valence-corrected chi connectivity index (χ2v) is 4.79. The Morgan fingerprint density at radius 3 is 2.96 bits per heavy atom. The fourth-order valence-electron chi connectivity index (χ4n) is 2.27. The van der Waals surface area contributed by atoms with Crippen molar-refractivity contribution in [2.75, 3.05) is 5.32 Å². The third-order valence-corrected chi connectivity index (χ3v) is 3.33. The fourth-order valence-corrected chi connectivity index (χ4v) is 2.27. The van der Waals surface area contributed by atoms with Gasteiger partial charge in [-0.1, -0.05) is 17.3 Å². The largest absolute Gasteiger partial charge is 0.362 e. The van der Waals surface area contributed by atoms with E-state index in [1.807, 2.05) is 0 Å². The molecule has 0 aliphatic carbocycles. The Morgan fingerprint density at radius 1 is 1.22 bits per heavy atom. The first-order valence-corrected chi connectivity index (χ1v) is 6.87. The molecule has 0 atom stereocenters. The minimum atomic E-state index is -0.326. The molecule has 0 amide bonds. The minimum absolute atomic E-state index is 0.326. The Kier molecular flexibility index (Phi) is 3.15. The van der Waals surface area contributed by atoms with Crippen LogP contribution in [0, 0.1) is 5.82 Å². The molecule has 0 aliphatic rings. The van der Waals surface area contributed by atoms with Crippen molar-refractivity contribution >= 4 is 11.5 Å². The van der Waals surface area contributed by atoms with Crippen LogP contribution < -0.4 is 5.32 Å². The van der Waals surface area contributed by atoms with Gasteiger partial charge in [-0.05, 0) is 12.1 Å². The summed E-state index contributed by atoms with van der Waals surface area (Å²) in [5, 5.41) is 21.0. The normalized spacial score (nSPS) is 11.0. The molecule has 114 valence electrons. The molecule has 23 heavy (non-hydrogen) atoms. The van der Waals surface area contributed by atoms with Crippen molar-refractivity contribution in [3.05, 3.63) is 54.2 Å². The number of benzene rings is 1. The molecule has 0 spiro atoms. The molecule has 8 nitrogen and oxygen atoms in total. The Labute approximate surface area is 129 Å². The second-order valence-electron chi connectivity index (χ2n) is 4.79. The van der Waals surface area contributed by atoms with Gasteiger partial charge >= 0.3 is 0 Å². The van der Waals surface area contributed by atoms with Gasteiger partial charge in [0.15, 0.2) is 11.5 Å². The van der Waals surface area contributed by atoms with Crippen molar-refractivity contribution < 1.29 is 4.39 Å². The van der Waals surface area contributed by atoms with Crippen molar-refractivity contribution in [2.24, 2.45) is 0 Å². The second kappa shape index (κ2) is 5.44. The number of aromatic amines is 1. The summed E-state index contributed by atoms with van der Waals surface area (Å²) in [4.78, 5) is 4.44. The molecule has 4 rings (SSSR count). The number of rotatable bonds is 4. The smallest absolute Gasteiger partial charge is 0.193 e. The van der Waals surface area contributed by atoms with Crippen molar-refractivity contribution in [3.63, 3.8) is 0 Å². The average molecular weight is 310 g/mol. The standard InChI is InChI=1S/C14H11FN8/c15-10-4-2-1-3-9(10)11-7-14(16-8-12-19-21-22-20-12)23-13(18-11)5-6-17-23/h1-7,16H,8H2,(H,19,20,21,22). The van der Waals surface area contributed by atoms with Gasteiger partial charge in [-0.2, -0.15) is 14.8 Å². The van der Waals surface area contributed by atoms with Gasteiger partial charge in [-0.25, -0.2) is 9.37 Å². The Morgan fingerprint density at radius 2 is 2.13 bits per heavy atom. The zero-order chi connectivity index (χ0) is 15.6. The highest BCUT2D eigenvalue weighted by Gasteiger charge is 2.11. The zero-order valence-corrected chi connectivity index (χ0v) is 11.8. The molecule has 1 aromatic carbocycles. The lowest BCUT2D eigenvalue weighted by atomic mass is 10.1. The lowest BCUT2D eigenvalue weighted by molar-refractivity contribution is 0.630. The van der Waals surface area contributed by atoms with E-state index in [4.69, 9.17) is 0 Å². The van der Waals surface area contributed by atoms with Gasteiger partial charge in [0.2, 0.25) is 0 Å². The van der Waals surface area contributed by atoms with E-state index in [0.29, 0.717) is 35.1 Å². The van der Waals surface area contributed by atoms with E-state index in [1.54, 1.807) is 41.0 Å². The van der Waals surface area contributed by atoms with Crippen LogP contribution in [0.25, 0.3) is 16.9 Å². The molecular weight excluding hydrogens is 299 g/mol. The summed E-state index contributed by atoms with van der Waals surface area (Å²) in [6.07, 6.45) is 1.63. The van der Waals surface area contributed by atoms with Crippen LogP contribution in [0.4, 0.5) is 10.2 Å². The Hall–Kier alpha value is -3.36. The van der Waals surface area contributed by atoms with Gasteiger partial charge in [0.1, 0.15) is 11.6 Å². The molecular formula is C14H11FN8. The number of anilines is 1. The highest BCUT2D eigenvalue weighted by molar-refractivity contribution is 5.66.